The average Bonchev–Trinajstić information content (AvgIpc) is 3.45. The fourth-order valence-corrected chi connectivity index (χ4v) is 3.85. The number of rotatable bonds is 8. The summed E-state index contributed by atoms with van der Waals surface area (Å²) in [6, 6.07) is 13.3. The summed E-state index contributed by atoms with van der Waals surface area (Å²) in [5, 5.41) is 33.9. The number of imidazole rings is 1. The van der Waals surface area contributed by atoms with E-state index in [-0.39, 0.29) is 28.7 Å². The Balaban J connectivity index is 1.25. The molecule has 0 radical (unpaired) electrons. The molecule has 1 saturated heterocycles. The molecule has 37 heavy (non-hydrogen) atoms. The third-order valence-electron chi connectivity index (χ3n) is 5.82. The van der Waals surface area contributed by atoms with E-state index in [2.05, 4.69) is 25.5 Å². The van der Waals surface area contributed by atoms with Gasteiger partial charge in [-0.3, -0.25) is 4.57 Å². The summed E-state index contributed by atoms with van der Waals surface area (Å²) < 4.78 is 25.7. The summed E-state index contributed by atoms with van der Waals surface area (Å²) in [5.74, 6) is 0.510. The van der Waals surface area contributed by atoms with Crippen molar-refractivity contribution in [2.45, 2.75) is 31.1 Å². The van der Waals surface area contributed by atoms with Crippen LogP contribution in [0.4, 0.5) is 16.2 Å². The minimum atomic E-state index is -1.30. The molecular formula is C24H24FN7O5. The lowest BCUT2D eigenvalue weighted by Crippen LogP contribution is -2.33. The number of ether oxygens (including phenoxy) is 2. The maximum absolute atomic E-state index is 13.0. The third-order valence-corrected chi connectivity index (χ3v) is 5.82. The van der Waals surface area contributed by atoms with E-state index in [1.807, 2.05) is 0 Å². The number of hydrogen-bond donors (Lipinski definition) is 5. The van der Waals surface area contributed by atoms with Crippen LogP contribution in [0.5, 0.6) is 5.75 Å². The molecule has 1 aliphatic heterocycles. The Morgan fingerprint density at radius 1 is 1.11 bits per heavy atom. The van der Waals surface area contributed by atoms with Crippen molar-refractivity contribution in [1.82, 2.24) is 19.5 Å². The highest BCUT2D eigenvalue weighted by Crippen LogP contribution is 2.32. The fourth-order valence-electron chi connectivity index (χ4n) is 3.85. The molecular weight excluding hydrogens is 485 g/mol. The number of aliphatic hydroxyl groups is 3. The molecule has 4 aromatic rings. The monoisotopic (exact) mass is 509 g/mol. The van der Waals surface area contributed by atoms with Crippen LogP contribution in [0.3, 0.4) is 0 Å². The van der Waals surface area contributed by atoms with Crippen LogP contribution in [0.1, 0.15) is 17.4 Å². The summed E-state index contributed by atoms with van der Waals surface area (Å²) in [6.45, 7) is -0.142. The molecule has 2 aromatic carbocycles. The zero-order valence-electron chi connectivity index (χ0n) is 19.3. The maximum atomic E-state index is 13.0. The number of hydrazone groups is 1. The molecule has 0 spiro atoms. The van der Waals surface area contributed by atoms with Crippen molar-refractivity contribution in [1.29, 1.82) is 0 Å². The first-order valence-corrected chi connectivity index (χ1v) is 11.3. The van der Waals surface area contributed by atoms with E-state index in [1.165, 1.54) is 23.0 Å². The second-order valence-electron chi connectivity index (χ2n) is 8.34. The van der Waals surface area contributed by atoms with Gasteiger partial charge in [-0.1, -0.05) is 12.1 Å². The number of aliphatic hydroxyl groups excluding tert-OH is 3. The summed E-state index contributed by atoms with van der Waals surface area (Å²) in [7, 11) is 0. The maximum Gasteiger partial charge on any atom is 0.247 e. The van der Waals surface area contributed by atoms with Gasteiger partial charge in [0, 0.05) is 0 Å². The van der Waals surface area contributed by atoms with E-state index in [9.17, 15) is 19.7 Å². The summed E-state index contributed by atoms with van der Waals surface area (Å²) in [4.78, 5) is 12.7. The summed E-state index contributed by atoms with van der Waals surface area (Å²) >= 11 is 0. The van der Waals surface area contributed by atoms with Gasteiger partial charge in [-0.2, -0.15) is 15.1 Å². The summed E-state index contributed by atoms with van der Waals surface area (Å²) in [6.07, 6.45) is -1.62. The molecule has 12 nitrogen and oxygen atoms in total. The Hall–Kier alpha value is -4.17. The zero-order chi connectivity index (χ0) is 25.9. The van der Waals surface area contributed by atoms with Gasteiger partial charge in [-0.25, -0.2) is 14.8 Å². The molecule has 3 heterocycles. The predicted molar refractivity (Wildman–Crippen MR) is 131 cm³/mol. The van der Waals surface area contributed by atoms with Gasteiger partial charge in [0.2, 0.25) is 5.95 Å². The number of benzene rings is 2. The van der Waals surface area contributed by atoms with Gasteiger partial charge in [-0.15, -0.1) is 0 Å². The van der Waals surface area contributed by atoms with Crippen molar-refractivity contribution < 1.29 is 29.2 Å². The second-order valence-corrected chi connectivity index (χ2v) is 8.34. The minimum Gasteiger partial charge on any atom is -0.489 e. The van der Waals surface area contributed by atoms with Gasteiger partial charge in [-0.05, 0) is 47.5 Å². The minimum absolute atomic E-state index is 0.0778. The van der Waals surface area contributed by atoms with Crippen LogP contribution < -0.4 is 15.9 Å². The standard InChI is InChI=1S/C24H24FN7O5/c25-15-5-1-14(2-6-15)11-36-16-7-3-13(4-8-16)9-28-31-24-29-21(26)18-22(30-24)32(12-27-18)23-20(35)19(34)17(10-33)37-23/h1-9,12,17,19-20,23,33-35H,10-11H2,(H3,26,29,30,31)/b28-9+/t17-,19?,20?,23-/m1/s1. The van der Waals surface area contributed by atoms with Crippen LogP contribution in [0.15, 0.2) is 60.0 Å². The first-order chi connectivity index (χ1) is 17.9. The normalized spacial score (nSPS) is 21.6. The molecule has 0 bridgehead atoms. The van der Waals surface area contributed by atoms with E-state index < -0.39 is 31.1 Å². The SMILES string of the molecule is Nc1nc(N/N=C/c2ccc(OCc3ccc(F)cc3)cc2)nc2c1ncn2[C@@H]1O[C@H](CO)C(O)C1O. The number of nitrogens with two attached hydrogens (primary N) is 1. The number of nitrogen functional groups attached to an aromatic ring is 1. The van der Waals surface area contributed by atoms with Crippen LogP contribution >= 0.6 is 0 Å². The van der Waals surface area contributed by atoms with Crippen molar-refractivity contribution in [2.75, 3.05) is 17.8 Å². The fraction of sp³-hybridized carbons (Fsp3) is 0.250. The first-order valence-electron chi connectivity index (χ1n) is 11.3. The highest BCUT2D eigenvalue weighted by Gasteiger charge is 2.44. The number of aromatic nitrogens is 4. The zero-order valence-corrected chi connectivity index (χ0v) is 19.3. The van der Waals surface area contributed by atoms with Crippen LogP contribution in [0, 0.1) is 5.82 Å². The van der Waals surface area contributed by atoms with Crippen LogP contribution in [0.25, 0.3) is 11.2 Å². The predicted octanol–water partition coefficient (Wildman–Crippen LogP) is 1.18. The molecule has 2 unspecified atom stereocenters. The number of nitrogens with zero attached hydrogens (tertiary/aromatic N) is 5. The number of nitrogens with one attached hydrogen (secondary N) is 1. The van der Waals surface area contributed by atoms with Gasteiger partial charge in [0.15, 0.2) is 17.7 Å². The topological polar surface area (TPSA) is 173 Å². The van der Waals surface area contributed by atoms with Crippen molar-refractivity contribution in [2.24, 2.45) is 5.10 Å². The third kappa shape index (κ3) is 5.20. The molecule has 0 amide bonds. The highest BCUT2D eigenvalue weighted by atomic mass is 19.1. The number of halogens is 1. The summed E-state index contributed by atoms with van der Waals surface area (Å²) in [5.41, 5.74) is 10.9. The second kappa shape index (κ2) is 10.4. The molecule has 0 aliphatic carbocycles. The van der Waals surface area contributed by atoms with Crippen molar-refractivity contribution in [3.05, 3.63) is 71.8 Å². The molecule has 1 aliphatic rings. The van der Waals surface area contributed by atoms with Crippen LogP contribution in [0.2, 0.25) is 0 Å². The van der Waals surface area contributed by atoms with Crippen LogP contribution in [-0.2, 0) is 11.3 Å². The molecule has 13 heteroatoms. The number of hydrogen-bond acceptors (Lipinski definition) is 11. The Labute approximate surface area is 209 Å². The van der Waals surface area contributed by atoms with E-state index in [4.69, 9.17) is 15.2 Å². The van der Waals surface area contributed by atoms with Crippen LogP contribution in [-0.4, -0.2) is 66.0 Å². The van der Waals surface area contributed by atoms with Gasteiger partial charge >= 0.3 is 0 Å². The van der Waals surface area contributed by atoms with Gasteiger partial charge < -0.3 is 30.5 Å². The van der Waals surface area contributed by atoms with E-state index >= 15 is 0 Å². The van der Waals surface area contributed by atoms with E-state index in [0.29, 0.717) is 12.4 Å². The quantitative estimate of drug-likeness (QED) is 0.171. The van der Waals surface area contributed by atoms with Gasteiger partial charge in [0.05, 0.1) is 19.1 Å². The molecule has 192 valence electrons. The van der Waals surface area contributed by atoms with Crippen molar-refractivity contribution in [3.8, 4) is 5.75 Å². The molecule has 6 N–H and O–H groups in total. The lowest BCUT2D eigenvalue weighted by molar-refractivity contribution is -0.0511. The Morgan fingerprint density at radius 3 is 2.57 bits per heavy atom. The van der Waals surface area contributed by atoms with Gasteiger partial charge in [0.25, 0.3) is 0 Å². The Bertz CT molecular complexity index is 1400. The Morgan fingerprint density at radius 2 is 1.86 bits per heavy atom. The molecule has 4 atom stereocenters. The molecule has 2 aromatic heterocycles. The lowest BCUT2D eigenvalue weighted by Gasteiger charge is -2.16. The average molecular weight is 509 g/mol. The van der Waals surface area contributed by atoms with E-state index in [0.717, 1.165) is 11.1 Å². The van der Waals surface area contributed by atoms with Gasteiger partial charge in [0.1, 0.15) is 42.0 Å². The molecule has 1 fully saturated rings. The number of fused-ring (bicyclic) bond motifs is 1. The molecule has 0 saturated carbocycles. The smallest absolute Gasteiger partial charge is 0.247 e. The largest absolute Gasteiger partial charge is 0.489 e. The first kappa shape index (κ1) is 24.5. The molecule has 5 rings (SSSR count). The van der Waals surface area contributed by atoms with Crippen molar-refractivity contribution in [3.63, 3.8) is 0 Å². The number of anilines is 2. The van der Waals surface area contributed by atoms with Crippen molar-refractivity contribution >= 4 is 29.1 Å². The van der Waals surface area contributed by atoms with E-state index in [1.54, 1.807) is 42.6 Å². The highest BCUT2D eigenvalue weighted by molar-refractivity contribution is 5.83. The lowest BCUT2D eigenvalue weighted by atomic mass is 10.1. The Kier molecular flexibility index (Phi) is 6.92.